The summed E-state index contributed by atoms with van der Waals surface area (Å²) >= 11 is 3.29. The van der Waals surface area contributed by atoms with Crippen molar-refractivity contribution in [2.75, 3.05) is 13.2 Å². The molecule has 1 N–H and O–H groups in total. The van der Waals surface area contributed by atoms with E-state index in [0.29, 0.717) is 23.4 Å². The minimum Gasteiger partial charge on any atom is -0.490 e. The van der Waals surface area contributed by atoms with E-state index >= 15 is 0 Å². The highest BCUT2D eigenvalue weighted by Crippen LogP contribution is 2.26. The maximum absolute atomic E-state index is 10.8. The summed E-state index contributed by atoms with van der Waals surface area (Å²) in [7, 11) is 0. The summed E-state index contributed by atoms with van der Waals surface area (Å²) in [6.45, 7) is 2.77. The third-order valence-electron chi connectivity index (χ3n) is 2.87. The van der Waals surface area contributed by atoms with Crippen molar-refractivity contribution in [3.63, 3.8) is 0 Å². The van der Waals surface area contributed by atoms with Gasteiger partial charge in [0.15, 0.2) is 0 Å². The molecule has 0 radical (unpaired) electrons. The molecule has 0 fully saturated rings. The first-order valence-electron chi connectivity index (χ1n) is 6.42. The largest absolute Gasteiger partial charge is 0.490 e. The molecule has 2 rings (SSSR count). The fourth-order valence-corrected chi connectivity index (χ4v) is 2.27. The summed E-state index contributed by atoms with van der Waals surface area (Å²) in [4.78, 5) is 10.8. The summed E-state index contributed by atoms with van der Waals surface area (Å²) in [5, 5.41) is 8.88. The highest BCUT2D eigenvalue weighted by atomic mass is 79.9. The van der Waals surface area contributed by atoms with E-state index in [0.717, 1.165) is 11.3 Å². The second kappa shape index (κ2) is 7.13. The van der Waals surface area contributed by atoms with Gasteiger partial charge in [-0.05, 0) is 52.7 Å². The molecular weight excluding hydrogens is 336 g/mol. The van der Waals surface area contributed by atoms with Gasteiger partial charge in [-0.25, -0.2) is 4.79 Å². The quantitative estimate of drug-likeness (QED) is 0.802. The molecular formula is C16H15BrO4. The lowest BCUT2D eigenvalue weighted by Gasteiger charge is -2.11. The lowest BCUT2D eigenvalue weighted by molar-refractivity contribution is 0.0696. The zero-order valence-corrected chi connectivity index (χ0v) is 13.1. The van der Waals surface area contributed by atoms with Crippen LogP contribution in [-0.4, -0.2) is 24.3 Å². The number of rotatable bonds is 6. The van der Waals surface area contributed by atoms with Gasteiger partial charge in [0.1, 0.15) is 24.7 Å². The summed E-state index contributed by atoms with van der Waals surface area (Å²) in [5.74, 6) is 0.458. The van der Waals surface area contributed by atoms with Crippen molar-refractivity contribution in [2.45, 2.75) is 6.92 Å². The molecule has 0 aromatic heterocycles. The number of carboxylic acid groups (broad SMARTS) is 1. The van der Waals surface area contributed by atoms with E-state index in [-0.39, 0.29) is 5.56 Å². The minimum atomic E-state index is -0.967. The Morgan fingerprint density at radius 3 is 2.38 bits per heavy atom. The molecule has 0 bridgehead atoms. The van der Waals surface area contributed by atoms with Crippen LogP contribution in [-0.2, 0) is 0 Å². The first-order chi connectivity index (χ1) is 10.1. The Morgan fingerprint density at radius 1 is 1.10 bits per heavy atom. The van der Waals surface area contributed by atoms with Crippen LogP contribution in [0, 0.1) is 6.92 Å². The molecule has 0 spiro atoms. The fourth-order valence-electron chi connectivity index (χ4n) is 1.77. The average Bonchev–Trinajstić information content (AvgIpc) is 2.46. The Morgan fingerprint density at radius 2 is 1.76 bits per heavy atom. The van der Waals surface area contributed by atoms with Crippen LogP contribution in [0.4, 0.5) is 0 Å². The van der Waals surface area contributed by atoms with Crippen molar-refractivity contribution in [3.8, 4) is 11.5 Å². The number of carbonyl (C=O) groups is 1. The number of carboxylic acids is 1. The van der Waals surface area contributed by atoms with E-state index in [1.54, 1.807) is 6.07 Å². The Bertz CT molecular complexity index is 640. The van der Waals surface area contributed by atoms with Crippen LogP contribution < -0.4 is 9.47 Å². The van der Waals surface area contributed by atoms with Crippen LogP contribution in [0.15, 0.2) is 46.9 Å². The van der Waals surface area contributed by atoms with E-state index in [4.69, 9.17) is 14.6 Å². The number of hydrogen-bond donors (Lipinski definition) is 1. The van der Waals surface area contributed by atoms with Crippen molar-refractivity contribution in [1.82, 2.24) is 0 Å². The summed E-state index contributed by atoms with van der Waals surface area (Å²) in [5.41, 5.74) is 1.29. The SMILES string of the molecule is Cc1ccccc1OCCOc1ccc(C(=O)O)cc1Br. The standard InChI is InChI=1S/C16H15BrO4/c1-11-4-2-3-5-14(11)20-8-9-21-15-7-6-12(16(18)19)10-13(15)17/h2-7,10H,8-9H2,1H3,(H,18,19). The number of aromatic carboxylic acids is 1. The van der Waals surface area contributed by atoms with E-state index in [1.807, 2.05) is 31.2 Å². The van der Waals surface area contributed by atoms with Gasteiger partial charge < -0.3 is 14.6 Å². The molecule has 21 heavy (non-hydrogen) atoms. The third kappa shape index (κ3) is 4.23. The van der Waals surface area contributed by atoms with Crippen molar-refractivity contribution in [3.05, 3.63) is 58.1 Å². The fraction of sp³-hybridized carbons (Fsp3) is 0.188. The molecule has 2 aromatic carbocycles. The summed E-state index contributed by atoms with van der Waals surface area (Å²) in [6.07, 6.45) is 0. The second-order valence-corrected chi connectivity index (χ2v) is 5.27. The highest BCUT2D eigenvalue weighted by molar-refractivity contribution is 9.10. The van der Waals surface area contributed by atoms with Gasteiger partial charge in [0.05, 0.1) is 10.0 Å². The van der Waals surface area contributed by atoms with Gasteiger partial charge in [-0.2, -0.15) is 0 Å². The number of para-hydroxylation sites is 1. The second-order valence-electron chi connectivity index (χ2n) is 4.41. The van der Waals surface area contributed by atoms with Gasteiger partial charge in [0.25, 0.3) is 0 Å². The molecule has 5 heteroatoms. The molecule has 0 heterocycles. The van der Waals surface area contributed by atoms with Crippen molar-refractivity contribution in [1.29, 1.82) is 0 Å². The van der Waals surface area contributed by atoms with Gasteiger partial charge >= 0.3 is 5.97 Å². The lowest BCUT2D eigenvalue weighted by atomic mass is 10.2. The molecule has 0 saturated heterocycles. The first kappa shape index (κ1) is 15.4. The monoisotopic (exact) mass is 350 g/mol. The molecule has 110 valence electrons. The van der Waals surface area contributed by atoms with Crippen LogP contribution in [0.25, 0.3) is 0 Å². The number of halogens is 1. The molecule has 0 saturated carbocycles. The molecule has 0 aliphatic heterocycles. The predicted molar refractivity (Wildman–Crippen MR) is 83.3 cm³/mol. The molecule has 0 aliphatic rings. The molecule has 0 aliphatic carbocycles. The number of benzene rings is 2. The molecule has 4 nitrogen and oxygen atoms in total. The zero-order chi connectivity index (χ0) is 15.2. The predicted octanol–water partition coefficient (Wildman–Crippen LogP) is 3.91. The first-order valence-corrected chi connectivity index (χ1v) is 7.21. The number of ether oxygens (including phenoxy) is 2. The minimum absolute atomic E-state index is 0.213. The Balaban J connectivity index is 1.87. The number of aryl methyl sites for hydroxylation is 1. The normalized spacial score (nSPS) is 10.2. The van der Waals surface area contributed by atoms with Gasteiger partial charge in [0, 0.05) is 0 Å². The van der Waals surface area contributed by atoms with E-state index in [2.05, 4.69) is 15.9 Å². The smallest absolute Gasteiger partial charge is 0.335 e. The lowest BCUT2D eigenvalue weighted by Crippen LogP contribution is -2.10. The maximum Gasteiger partial charge on any atom is 0.335 e. The highest BCUT2D eigenvalue weighted by Gasteiger charge is 2.07. The summed E-state index contributed by atoms with van der Waals surface area (Å²) in [6, 6.07) is 12.4. The van der Waals surface area contributed by atoms with E-state index < -0.39 is 5.97 Å². The topological polar surface area (TPSA) is 55.8 Å². The van der Waals surface area contributed by atoms with Crippen LogP contribution >= 0.6 is 15.9 Å². The van der Waals surface area contributed by atoms with Gasteiger partial charge in [-0.1, -0.05) is 18.2 Å². The Labute approximate surface area is 131 Å². The maximum atomic E-state index is 10.8. The van der Waals surface area contributed by atoms with E-state index in [1.165, 1.54) is 12.1 Å². The van der Waals surface area contributed by atoms with Crippen LogP contribution in [0.3, 0.4) is 0 Å². The van der Waals surface area contributed by atoms with Crippen LogP contribution in [0.2, 0.25) is 0 Å². The van der Waals surface area contributed by atoms with Crippen LogP contribution in [0.5, 0.6) is 11.5 Å². The van der Waals surface area contributed by atoms with E-state index in [9.17, 15) is 4.79 Å². The number of hydrogen-bond acceptors (Lipinski definition) is 3. The average molecular weight is 351 g/mol. The molecule has 0 atom stereocenters. The van der Waals surface area contributed by atoms with Crippen LogP contribution in [0.1, 0.15) is 15.9 Å². The Kier molecular flexibility index (Phi) is 5.22. The third-order valence-corrected chi connectivity index (χ3v) is 3.49. The van der Waals surface area contributed by atoms with Crippen molar-refractivity contribution in [2.24, 2.45) is 0 Å². The van der Waals surface area contributed by atoms with Gasteiger partial charge in [0.2, 0.25) is 0 Å². The molecule has 2 aromatic rings. The van der Waals surface area contributed by atoms with Crippen molar-refractivity contribution >= 4 is 21.9 Å². The van der Waals surface area contributed by atoms with Crippen molar-refractivity contribution < 1.29 is 19.4 Å². The Hall–Kier alpha value is -2.01. The summed E-state index contributed by atoms with van der Waals surface area (Å²) < 4.78 is 11.8. The molecule has 0 unspecified atom stereocenters. The van der Waals surface area contributed by atoms with Gasteiger partial charge in [-0.3, -0.25) is 0 Å². The molecule has 0 amide bonds. The van der Waals surface area contributed by atoms with Gasteiger partial charge in [-0.15, -0.1) is 0 Å². The zero-order valence-electron chi connectivity index (χ0n) is 11.5.